The van der Waals surface area contributed by atoms with Crippen LogP contribution in [0, 0.1) is 6.92 Å². The molecule has 0 bridgehead atoms. The molecule has 104 valence electrons. The molecule has 1 aromatic rings. The molecule has 0 unspecified atom stereocenters. The van der Waals surface area contributed by atoms with Gasteiger partial charge in [-0.2, -0.15) is 0 Å². The fraction of sp³-hybridized carbons (Fsp3) is 0.385. The molecule has 0 aliphatic heterocycles. The van der Waals surface area contributed by atoms with Crippen LogP contribution in [-0.2, 0) is 4.79 Å². The molecule has 19 heavy (non-hydrogen) atoms. The number of hydrogen-bond donors (Lipinski definition) is 2. The summed E-state index contributed by atoms with van der Waals surface area (Å²) in [5.74, 6) is 0.510. The minimum atomic E-state index is -0.0513. The molecule has 0 saturated heterocycles. The van der Waals surface area contributed by atoms with Crippen LogP contribution >= 0.6 is 11.6 Å². The second kappa shape index (κ2) is 7.11. The standard InChI is InChI=1S/C13H19ClN4O/c1-9-6-10(16-12(15)7-14)4-5-11(9)17-13(19)8-18(2)3/h4-6H,7-8H2,1-3H3,(H2,15,16)(H,17,19). The number of amidine groups is 1. The fourth-order valence-corrected chi connectivity index (χ4v) is 1.59. The largest absolute Gasteiger partial charge is 0.386 e. The molecular weight excluding hydrogens is 264 g/mol. The second-order valence-corrected chi connectivity index (χ2v) is 4.79. The van der Waals surface area contributed by atoms with E-state index in [4.69, 9.17) is 17.3 Å². The van der Waals surface area contributed by atoms with Gasteiger partial charge in [-0.3, -0.25) is 4.79 Å². The van der Waals surface area contributed by atoms with Gasteiger partial charge in [0.2, 0.25) is 5.91 Å². The summed E-state index contributed by atoms with van der Waals surface area (Å²) in [5, 5.41) is 2.85. The third kappa shape index (κ3) is 5.28. The van der Waals surface area contributed by atoms with Crippen LogP contribution in [0.4, 0.5) is 11.4 Å². The first-order valence-electron chi connectivity index (χ1n) is 5.86. The van der Waals surface area contributed by atoms with E-state index in [0.29, 0.717) is 12.4 Å². The molecule has 3 N–H and O–H groups in total. The van der Waals surface area contributed by atoms with E-state index in [0.717, 1.165) is 16.9 Å². The Morgan fingerprint density at radius 1 is 1.47 bits per heavy atom. The number of nitrogens with zero attached hydrogens (tertiary/aromatic N) is 2. The van der Waals surface area contributed by atoms with Crippen molar-refractivity contribution in [3.05, 3.63) is 23.8 Å². The number of nitrogens with two attached hydrogens (primary N) is 1. The number of rotatable bonds is 5. The average Bonchev–Trinajstić information content (AvgIpc) is 2.31. The Morgan fingerprint density at radius 2 is 2.16 bits per heavy atom. The monoisotopic (exact) mass is 282 g/mol. The van der Waals surface area contributed by atoms with Crippen molar-refractivity contribution in [1.29, 1.82) is 0 Å². The van der Waals surface area contributed by atoms with Crippen molar-refractivity contribution in [2.45, 2.75) is 6.92 Å². The number of amides is 1. The lowest BCUT2D eigenvalue weighted by Gasteiger charge is -2.12. The third-order valence-electron chi connectivity index (χ3n) is 2.35. The van der Waals surface area contributed by atoms with Gasteiger partial charge in [-0.25, -0.2) is 4.99 Å². The number of aliphatic imine (C=N–C) groups is 1. The van der Waals surface area contributed by atoms with E-state index in [1.165, 1.54) is 0 Å². The molecule has 0 heterocycles. The van der Waals surface area contributed by atoms with Gasteiger partial charge in [-0.05, 0) is 44.8 Å². The first-order valence-corrected chi connectivity index (χ1v) is 6.40. The van der Waals surface area contributed by atoms with Crippen LogP contribution in [0.15, 0.2) is 23.2 Å². The van der Waals surface area contributed by atoms with E-state index in [9.17, 15) is 4.79 Å². The maximum Gasteiger partial charge on any atom is 0.238 e. The van der Waals surface area contributed by atoms with E-state index < -0.39 is 0 Å². The van der Waals surface area contributed by atoms with Crippen LogP contribution in [0.1, 0.15) is 5.56 Å². The van der Waals surface area contributed by atoms with Gasteiger partial charge in [-0.15, -0.1) is 11.6 Å². The second-order valence-electron chi connectivity index (χ2n) is 4.52. The van der Waals surface area contributed by atoms with Crippen molar-refractivity contribution in [2.75, 3.05) is 31.8 Å². The van der Waals surface area contributed by atoms with Crippen molar-refractivity contribution in [3.63, 3.8) is 0 Å². The van der Waals surface area contributed by atoms with E-state index in [2.05, 4.69) is 10.3 Å². The highest BCUT2D eigenvalue weighted by molar-refractivity contribution is 6.28. The van der Waals surface area contributed by atoms with Gasteiger partial charge < -0.3 is 16.0 Å². The Kier molecular flexibility index (Phi) is 5.79. The Morgan fingerprint density at radius 3 is 2.68 bits per heavy atom. The van der Waals surface area contributed by atoms with Gasteiger partial charge in [0.05, 0.1) is 18.1 Å². The minimum Gasteiger partial charge on any atom is -0.386 e. The smallest absolute Gasteiger partial charge is 0.238 e. The van der Waals surface area contributed by atoms with Crippen LogP contribution in [0.2, 0.25) is 0 Å². The Balaban J connectivity index is 2.80. The minimum absolute atomic E-state index is 0.0513. The molecule has 0 atom stereocenters. The molecule has 0 saturated carbocycles. The predicted molar refractivity (Wildman–Crippen MR) is 80.4 cm³/mol. The number of likely N-dealkylation sites (N-methyl/N-ethyl adjacent to an activating group) is 1. The SMILES string of the molecule is Cc1cc(N=C(N)CCl)ccc1NC(=O)CN(C)C. The maximum atomic E-state index is 11.7. The van der Waals surface area contributed by atoms with E-state index in [1.54, 1.807) is 6.07 Å². The summed E-state index contributed by atoms with van der Waals surface area (Å²) in [5.41, 5.74) is 7.99. The first-order chi connectivity index (χ1) is 8.92. The Labute approximate surface area is 118 Å². The van der Waals surface area contributed by atoms with Crippen LogP contribution in [0.5, 0.6) is 0 Å². The van der Waals surface area contributed by atoms with Gasteiger partial charge in [0.1, 0.15) is 5.84 Å². The number of carbonyl (C=O) groups excluding carboxylic acids is 1. The van der Waals surface area contributed by atoms with E-state index >= 15 is 0 Å². The van der Waals surface area contributed by atoms with Gasteiger partial charge in [-0.1, -0.05) is 0 Å². The molecule has 1 aromatic carbocycles. The number of carbonyl (C=O) groups is 1. The Bertz CT molecular complexity index is 486. The molecule has 1 amide bonds. The molecule has 0 aliphatic carbocycles. The zero-order chi connectivity index (χ0) is 14.4. The van der Waals surface area contributed by atoms with Crippen LogP contribution in [-0.4, -0.2) is 43.2 Å². The van der Waals surface area contributed by atoms with Crippen molar-refractivity contribution in [2.24, 2.45) is 10.7 Å². The first kappa shape index (κ1) is 15.5. The lowest BCUT2D eigenvalue weighted by Crippen LogP contribution is -2.27. The topological polar surface area (TPSA) is 70.7 Å². The van der Waals surface area contributed by atoms with Crippen molar-refractivity contribution >= 4 is 34.7 Å². The lowest BCUT2D eigenvalue weighted by molar-refractivity contribution is -0.116. The lowest BCUT2D eigenvalue weighted by atomic mass is 10.2. The van der Waals surface area contributed by atoms with Crippen molar-refractivity contribution < 1.29 is 4.79 Å². The highest BCUT2D eigenvalue weighted by atomic mass is 35.5. The van der Waals surface area contributed by atoms with E-state index in [1.807, 2.05) is 38.1 Å². The molecule has 0 aromatic heterocycles. The van der Waals surface area contributed by atoms with Gasteiger partial charge in [0, 0.05) is 5.69 Å². The molecule has 0 fully saturated rings. The highest BCUT2D eigenvalue weighted by Gasteiger charge is 2.06. The molecule has 1 rings (SSSR count). The molecule has 6 heteroatoms. The van der Waals surface area contributed by atoms with Gasteiger partial charge >= 0.3 is 0 Å². The predicted octanol–water partition coefficient (Wildman–Crippen LogP) is 1.72. The van der Waals surface area contributed by atoms with Crippen LogP contribution < -0.4 is 11.1 Å². The normalized spacial score (nSPS) is 11.7. The highest BCUT2D eigenvalue weighted by Crippen LogP contribution is 2.21. The summed E-state index contributed by atoms with van der Waals surface area (Å²) in [6.45, 7) is 2.25. The number of halogens is 1. The van der Waals surface area contributed by atoms with Gasteiger partial charge in [0.15, 0.2) is 0 Å². The summed E-state index contributed by atoms with van der Waals surface area (Å²) >= 11 is 5.57. The summed E-state index contributed by atoms with van der Waals surface area (Å²) in [7, 11) is 3.69. The molecule has 0 aliphatic rings. The van der Waals surface area contributed by atoms with Gasteiger partial charge in [0.25, 0.3) is 0 Å². The number of anilines is 1. The van der Waals surface area contributed by atoms with E-state index in [-0.39, 0.29) is 11.8 Å². The Hall–Kier alpha value is -1.59. The zero-order valence-electron chi connectivity index (χ0n) is 11.4. The number of alkyl halides is 1. The number of hydrogen-bond acceptors (Lipinski definition) is 3. The van der Waals surface area contributed by atoms with Crippen LogP contribution in [0.25, 0.3) is 0 Å². The number of aryl methyl sites for hydroxylation is 1. The molecule has 0 radical (unpaired) electrons. The summed E-state index contributed by atoms with van der Waals surface area (Å²) in [6, 6.07) is 5.45. The quantitative estimate of drug-likeness (QED) is 0.491. The van der Waals surface area contributed by atoms with Crippen LogP contribution in [0.3, 0.4) is 0 Å². The fourth-order valence-electron chi connectivity index (χ4n) is 1.53. The van der Waals surface area contributed by atoms with Crippen molar-refractivity contribution in [3.8, 4) is 0 Å². The average molecular weight is 283 g/mol. The number of nitrogens with one attached hydrogen (secondary N) is 1. The molecule has 5 nitrogen and oxygen atoms in total. The van der Waals surface area contributed by atoms with Crippen molar-refractivity contribution in [1.82, 2.24) is 4.90 Å². The molecular formula is C13H19ClN4O. The molecule has 0 spiro atoms. The zero-order valence-corrected chi connectivity index (χ0v) is 12.2. The summed E-state index contributed by atoms with van der Waals surface area (Å²) in [4.78, 5) is 17.6. The summed E-state index contributed by atoms with van der Waals surface area (Å²) < 4.78 is 0. The maximum absolute atomic E-state index is 11.7. The number of benzene rings is 1. The third-order valence-corrected chi connectivity index (χ3v) is 2.63. The summed E-state index contributed by atoms with van der Waals surface area (Å²) in [6.07, 6.45) is 0.